The van der Waals surface area contributed by atoms with Gasteiger partial charge in [-0.3, -0.25) is 9.36 Å². The molecule has 1 aromatic carbocycles. The monoisotopic (exact) mass is 438 g/mol. The van der Waals surface area contributed by atoms with E-state index in [1.165, 1.54) is 0 Å². The second-order valence-electron chi connectivity index (χ2n) is 8.62. The van der Waals surface area contributed by atoms with Crippen molar-refractivity contribution in [3.63, 3.8) is 0 Å². The van der Waals surface area contributed by atoms with Crippen LogP contribution in [-0.2, 0) is 6.54 Å². The van der Waals surface area contributed by atoms with Crippen molar-refractivity contribution in [2.75, 3.05) is 5.32 Å². The van der Waals surface area contributed by atoms with Crippen molar-refractivity contribution < 1.29 is 4.52 Å². The van der Waals surface area contributed by atoms with Crippen LogP contribution in [0.3, 0.4) is 0 Å². The lowest BCUT2D eigenvalue weighted by Gasteiger charge is -2.21. The average molecular weight is 439 g/mol. The fraction of sp³-hybridized carbons (Fsp3) is 0.318. The number of nitrogens with zero attached hydrogens (tertiary/aromatic N) is 5. The van der Waals surface area contributed by atoms with E-state index in [9.17, 15) is 4.79 Å². The average Bonchev–Trinajstić information content (AvgIpc) is 3.20. The highest BCUT2D eigenvalue weighted by molar-refractivity contribution is 6.30. The molecular weight excluding hydrogens is 416 g/mol. The molecule has 9 heteroatoms. The molecule has 0 spiro atoms. The van der Waals surface area contributed by atoms with E-state index in [4.69, 9.17) is 16.1 Å². The van der Waals surface area contributed by atoms with E-state index < -0.39 is 0 Å². The number of rotatable bonds is 5. The van der Waals surface area contributed by atoms with Crippen molar-refractivity contribution >= 4 is 28.6 Å². The summed E-state index contributed by atoms with van der Waals surface area (Å²) < 4.78 is 7.09. The predicted octanol–water partition coefficient (Wildman–Crippen LogP) is 4.71. The molecule has 0 radical (unpaired) electrons. The van der Waals surface area contributed by atoms with Crippen LogP contribution >= 0.6 is 11.6 Å². The molecular formula is C22H23ClN6O2. The molecule has 0 saturated carbocycles. The summed E-state index contributed by atoms with van der Waals surface area (Å²) in [5, 5.41) is 8.65. The van der Waals surface area contributed by atoms with Crippen LogP contribution < -0.4 is 10.9 Å². The second kappa shape index (κ2) is 8.11. The lowest BCUT2D eigenvalue weighted by molar-refractivity contribution is 0.343. The first kappa shape index (κ1) is 21.0. The maximum Gasteiger partial charge on any atom is 0.252 e. The summed E-state index contributed by atoms with van der Waals surface area (Å²) in [6.07, 6.45) is 1.70. The molecule has 1 atom stereocenters. The second-order valence-corrected chi connectivity index (χ2v) is 9.06. The highest BCUT2D eigenvalue weighted by Crippen LogP contribution is 2.23. The number of aromatic nitrogens is 5. The van der Waals surface area contributed by atoms with Crippen LogP contribution in [0.1, 0.15) is 39.6 Å². The van der Waals surface area contributed by atoms with E-state index in [2.05, 4.69) is 46.2 Å². The van der Waals surface area contributed by atoms with Gasteiger partial charge >= 0.3 is 0 Å². The van der Waals surface area contributed by atoms with Crippen LogP contribution in [0.2, 0.25) is 5.02 Å². The van der Waals surface area contributed by atoms with Crippen LogP contribution in [-0.4, -0.2) is 24.7 Å². The van der Waals surface area contributed by atoms with Gasteiger partial charge in [0.1, 0.15) is 11.7 Å². The first-order valence-corrected chi connectivity index (χ1v) is 10.3. The maximum absolute atomic E-state index is 12.5. The van der Waals surface area contributed by atoms with Crippen molar-refractivity contribution in [3.05, 3.63) is 63.9 Å². The fourth-order valence-corrected chi connectivity index (χ4v) is 3.28. The molecule has 4 aromatic rings. The Balaban J connectivity index is 1.60. The Morgan fingerprint density at radius 1 is 1.13 bits per heavy atom. The zero-order valence-electron chi connectivity index (χ0n) is 17.8. The number of nitrogens with one attached hydrogen (secondary N) is 1. The van der Waals surface area contributed by atoms with Gasteiger partial charge in [0.05, 0.1) is 0 Å². The smallest absolute Gasteiger partial charge is 0.252 e. The molecule has 3 aromatic heterocycles. The van der Waals surface area contributed by atoms with E-state index >= 15 is 0 Å². The van der Waals surface area contributed by atoms with Crippen LogP contribution in [0.4, 0.5) is 5.95 Å². The van der Waals surface area contributed by atoms with Crippen molar-refractivity contribution in [1.29, 1.82) is 0 Å². The lowest BCUT2D eigenvalue weighted by atomic mass is 9.97. The van der Waals surface area contributed by atoms with Gasteiger partial charge in [-0.05, 0) is 42.7 Å². The summed E-state index contributed by atoms with van der Waals surface area (Å²) in [6.45, 7) is 8.65. The molecule has 31 heavy (non-hydrogen) atoms. The molecule has 0 aliphatic carbocycles. The zero-order valence-corrected chi connectivity index (χ0v) is 18.5. The van der Waals surface area contributed by atoms with E-state index in [0.717, 1.165) is 10.9 Å². The van der Waals surface area contributed by atoms with Gasteiger partial charge < -0.3 is 9.84 Å². The third-order valence-corrected chi connectivity index (χ3v) is 4.87. The first-order valence-electron chi connectivity index (χ1n) is 9.92. The standard InChI is InChI=1S/C22H23ClN6O2/c1-13(20-26-18(28-31-20)14-5-8-16(23)9-6-14)25-21-24-11-15-7-10-17(30)29(19(15)27-21)12-22(2,3)4/h5-11,13H,12H2,1-4H3,(H,24,25,27). The van der Waals surface area contributed by atoms with Gasteiger partial charge in [0.2, 0.25) is 17.7 Å². The number of hydrogen-bond donors (Lipinski definition) is 1. The Morgan fingerprint density at radius 3 is 2.58 bits per heavy atom. The van der Waals surface area contributed by atoms with Crippen LogP contribution in [0.5, 0.6) is 0 Å². The van der Waals surface area contributed by atoms with Gasteiger partial charge in [-0.1, -0.05) is 37.5 Å². The third kappa shape index (κ3) is 4.74. The molecule has 160 valence electrons. The summed E-state index contributed by atoms with van der Waals surface area (Å²) in [5.74, 6) is 1.24. The number of benzene rings is 1. The normalized spacial score (nSPS) is 12.8. The topological polar surface area (TPSA) is 98.7 Å². The number of anilines is 1. The van der Waals surface area contributed by atoms with Crippen LogP contribution in [0.25, 0.3) is 22.4 Å². The Labute approximate surface area is 184 Å². The highest BCUT2D eigenvalue weighted by atomic mass is 35.5. The summed E-state index contributed by atoms with van der Waals surface area (Å²) in [4.78, 5) is 25.9. The van der Waals surface area contributed by atoms with E-state index in [-0.39, 0.29) is 17.0 Å². The van der Waals surface area contributed by atoms with E-state index in [0.29, 0.717) is 34.9 Å². The van der Waals surface area contributed by atoms with Crippen molar-refractivity contribution in [2.45, 2.75) is 40.3 Å². The Bertz CT molecular complexity index is 1270. The first-order chi connectivity index (χ1) is 14.7. The molecule has 0 aliphatic rings. The molecule has 0 saturated heterocycles. The number of pyridine rings is 1. The number of fused-ring (bicyclic) bond motifs is 1. The van der Waals surface area contributed by atoms with Crippen LogP contribution in [0, 0.1) is 5.41 Å². The molecule has 0 bridgehead atoms. The van der Waals surface area contributed by atoms with Gasteiger partial charge in [-0.2, -0.15) is 9.97 Å². The molecule has 0 aliphatic heterocycles. The summed E-state index contributed by atoms with van der Waals surface area (Å²) >= 11 is 5.93. The molecule has 0 fully saturated rings. The Kier molecular flexibility index (Phi) is 5.49. The largest absolute Gasteiger partial charge is 0.343 e. The molecule has 4 rings (SSSR count). The van der Waals surface area contributed by atoms with Gasteiger partial charge in [0.15, 0.2) is 0 Å². The fourth-order valence-electron chi connectivity index (χ4n) is 3.15. The SMILES string of the molecule is CC(Nc1ncc2ccc(=O)n(CC(C)(C)C)c2n1)c1nc(-c2ccc(Cl)cc2)no1. The molecule has 0 amide bonds. The van der Waals surface area contributed by atoms with Gasteiger partial charge in [0.25, 0.3) is 5.56 Å². The summed E-state index contributed by atoms with van der Waals surface area (Å²) in [5.41, 5.74) is 1.22. The van der Waals surface area contributed by atoms with Gasteiger partial charge in [-0.15, -0.1) is 0 Å². The quantitative estimate of drug-likeness (QED) is 0.481. The van der Waals surface area contributed by atoms with E-state index in [1.54, 1.807) is 35.0 Å². The lowest BCUT2D eigenvalue weighted by Crippen LogP contribution is -2.27. The molecule has 8 nitrogen and oxygen atoms in total. The number of hydrogen-bond acceptors (Lipinski definition) is 7. The van der Waals surface area contributed by atoms with Crippen LogP contribution in [0.15, 0.2) is 51.9 Å². The van der Waals surface area contributed by atoms with Crippen molar-refractivity contribution in [1.82, 2.24) is 24.7 Å². The van der Waals surface area contributed by atoms with Crippen molar-refractivity contribution in [3.8, 4) is 11.4 Å². The minimum Gasteiger partial charge on any atom is -0.343 e. The predicted molar refractivity (Wildman–Crippen MR) is 120 cm³/mol. The minimum absolute atomic E-state index is 0.0776. The summed E-state index contributed by atoms with van der Waals surface area (Å²) in [6, 6.07) is 10.2. The molecule has 3 heterocycles. The third-order valence-electron chi connectivity index (χ3n) is 4.62. The minimum atomic E-state index is -0.336. The molecule has 1 N–H and O–H groups in total. The summed E-state index contributed by atoms with van der Waals surface area (Å²) in [7, 11) is 0. The van der Waals surface area contributed by atoms with Crippen molar-refractivity contribution in [2.24, 2.45) is 5.41 Å². The molecule has 1 unspecified atom stereocenters. The van der Waals surface area contributed by atoms with Gasteiger partial charge in [0, 0.05) is 34.8 Å². The zero-order chi connectivity index (χ0) is 22.2. The van der Waals surface area contributed by atoms with E-state index in [1.807, 2.05) is 19.1 Å². The Morgan fingerprint density at radius 2 is 1.87 bits per heavy atom. The highest BCUT2D eigenvalue weighted by Gasteiger charge is 2.18. The maximum atomic E-state index is 12.5. The van der Waals surface area contributed by atoms with Gasteiger partial charge in [-0.25, -0.2) is 4.98 Å². The Hall–Kier alpha value is -3.26. The number of halogens is 1.